The zero-order valence-corrected chi connectivity index (χ0v) is 27.1. The van der Waals surface area contributed by atoms with Crippen molar-refractivity contribution in [2.75, 3.05) is 10.6 Å². The maximum atomic E-state index is 12.9. The number of benzene rings is 3. The predicted molar refractivity (Wildman–Crippen MR) is 166 cm³/mol. The first-order valence-electron chi connectivity index (χ1n) is 10.0. The number of anilines is 2. The first kappa shape index (κ1) is 38.5. The molecule has 0 saturated carbocycles. The molecule has 0 radical (unpaired) electrons. The molecule has 222 valence electrons. The van der Waals surface area contributed by atoms with Gasteiger partial charge in [0.25, 0.3) is 0 Å². The molecule has 0 aliphatic heterocycles. The van der Waals surface area contributed by atoms with E-state index >= 15 is 0 Å². The molecule has 4 N–H and O–H groups in total. The van der Waals surface area contributed by atoms with Crippen LogP contribution in [0.15, 0.2) is 60.7 Å². The van der Waals surface area contributed by atoms with E-state index in [-0.39, 0.29) is 52.8 Å². The predicted octanol–water partition coefficient (Wildman–Crippen LogP) is 10.3. The van der Waals surface area contributed by atoms with Crippen molar-refractivity contribution in [2.45, 2.75) is 25.5 Å². The van der Waals surface area contributed by atoms with Gasteiger partial charge in [-0.2, -0.15) is 39.5 Å². The van der Waals surface area contributed by atoms with E-state index in [1.54, 1.807) is 12.1 Å². The number of para-hydroxylation sites is 2. The van der Waals surface area contributed by atoms with Gasteiger partial charge in [-0.1, -0.05) is 12.1 Å². The van der Waals surface area contributed by atoms with Gasteiger partial charge in [0, 0.05) is 48.6 Å². The molecule has 0 amide bonds. The zero-order chi connectivity index (χ0) is 30.2. The Kier molecular flexibility index (Phi) is 15.6. The van der Waals surface area contributed by atoms with Gasteiger partial charge in [-0.15, -0.1) is 24.0 Å². The monoisotopic (exact) mass is 938 g/mol. The number of hydrogen-bond acceptors (Lipinski definition) is 3. The van der Waals surface area contributed by atoms with E-state index < -0.39 is 46.0 Å². The van der Waals surface area contributed by atoms with Gasteiger partial charge in [0.05, 0.1) is 16.7 Å². The first-order chi connectivity index (χ1) is 17.9. The highest BCUT2D eigenvalue weighted by atomic mass is 128. The van der Waals surface area contributed by atoms with Crippen molar-refractivity contribution in [3.8, 4) is 11.5 Å². The Hall–Kier alpha value is -1.49. The number of halogens is 12. The van der Waals surface area contributed by atoms with Gasteiger partial charge in [0.1, 0.15) is 0 Å². The summed E-state index contributed by atoms with van der Waals surface area (Å²) >= 11 is 9.05. The number of hydrogen-bond donors (Lipinski definition) is 4. The SMILES string of the molecule is Cc1cc(NC(=S)Nc2cc(C(F)(F)F)cc(C(F)(F)F)c2)cc(C(F)(F)F)c1.I.II.Oc1ccccc1O. The summed E-state index contributed by atoms with van der Waals surface area (Å²) in [6.45, 7) is 1.37. The highest BCUT2D eigenvalue weighted by Gasteiger charge is 2.37. The molecule has 0 heterocycles. The normalized spacial score (nSPS) is 11.1. The summed E-state index contributed by atoms with van der Waals surface area (Å²) in [5, 5.41) is 21.3. The lowest BCUT2D eigenvalue weighted by atomic mass is 10.1. The minimum absolute atomic E-state index is 0. The van der Waals surface area contributed by atoms with Crippen LogP contribution in [0.3, 0.4) is 0 Å². The van der Waals surface area contributed by atoms with Gasteiger partial charge in [-0.05, 0) is 73.2 Å². The number of aryl methyl sites for hydroxylation is 1. The van der Waals surface area contributed by atoms with Crippen LogP contribution < -0.4 is 10.6 Å². The lowest BCUT2D eigenvalue weighted by molar-refractivity contribution is -0.143. The molecular weight excluding hydrogens is 920 g/mol. The van der Waals surface area contributed by atoms with E-state index in [4.69, 9.17) is 22.4 Å². The molecule has 0 spiro atoms. The van der Waals surface area contributed by atoms with Crippen molar-refractivity contribution in [3.63, 3.8) is 0 Å². The second-order valence-corrected chi connectivity index (χ2v) is 7.86. The molecule has 3 aromatic rings. The Labute approximate surface area is 268 Å². The third-order valence-electron chi connectivity index (χ3n) is 4.39. The van der Waals surface area contributed by atoms with E-state index in [1.165, 1.54) is 25.1 Å². The van der Waals surface area contributed by atoms with Crippen LogP contribution >= 0.6 is 73.4 Å². The third-order valence-corrected chi connectivity index (χ3v) is 4.59. The average molecular weight is 938 g/mol. The summed E-state index contributed by atoms with van der Waals surface area (Å²) in [7, 11) is 0. The van der Waals surface area contributed by atoms with Crippen LogP contribution in [-0.4, -0.2) is 15.3 Å². The molecule has 17 heteroatoms. The third kappa shape index (κ3) is 13.0. The summed E-state index contributed by atoms with van der Waals surface area (Å²) in [6.07, 6.45) is -14.8. The standard InChI is InChI=1S/C17H11F9N2S.C6H6O2.I2.HI/c1-8-2-9(15(18,19)20)5-12(3-8)27-14(29)28-13-6-10(16(21,22)23)4-11(7-13)17(24,25)26;7-5-3-1-2-4-6(5)8;1-2;/h2-7H,1H3,(H2,27,28,29);1-4,7-8H;;1H. The first-order valence-corrected chi connectivity index (χ1v) is 16.7. The molecule has 4 nitrogen and oxygen atoms in total. The largest absolute Gasteiger partial charge is 0.504 e. The Balaban J connectivity index is 0.00000117. The number of phenolic OH excluding ortho intramolecular Hbond substituents is 2. The van der Waals surface area contributed by atoms with Gasteiger partial charge in [-0.3, -0.25) is 0 Å². The molecule has 0 aliphatic carbocycles. The summed E-state index contributed by atoms with van der Waals surface area (Å²) in [5.41, 5.74) is -4.68. The quantitative estimate of drug-likeness (QED) is 0.0893. The molecule has 3 rings (SSSR count). The van der Waals surface area contributed by atoms with E-state index in [0.717, 1.165) is 6.07 Å². The highest BCUT2D eigenvalue weighted by Crippen LogP contribution is 2.38. The van der Waals surface area contributed by atoms with Crippen molar-refractivity contribution in [1.29, 1.82) is 0 Å². The molecule has 0 fully saturated rings. The molecule has 0 unspecified atom stereocenters. The lowest BCUT2D eigenvalue weighted by Crippen LogP contribution is -2.21. The molecule has 3 aromatic carbocycles. The second kappa shape index (κ2) is 16.2. The fraction of sp³-hybridized carbons (Fsp3) is 0.174. The van der Waals surface area contributed by atoms with Crippen molar-refractivity contribution < 1.29 is 49.7 Å². The number of alkyl halides is 9. The maximum absolute atomic E-state index is 12.9. The summed E-state index contributed by atoms with van der Waals surface area (Å²) in [6, 6.07) is 9.74. The Bertz CT molecular complexity index is 1220. The van der Waals surface area contributed by atoms with Crippen LogP contribution in [0.1, 0.15) is 22.3 Å². The fourth-order valence-corrected chi connectivity index (χ4v) is 3.04. The van der Waals surface area contributed by atoms with Gasteiger partial charge in [-0.25, -0.2) is 0 Å². The number of phenols is 2. The highest BCUT2D eigenvalue weighted by molar-refractivity contribution is 15.0. The number of thiocarbonyl (C=S) groups is 1. The van der Waals surface area contributed by atoms with E-state index in [2.05, 4.69) is 47.9 Å². The minimum Gasteiger partial charge on any atom is -0.504 e. The smallest absolute Gasteiger partial charge is 0.416 e. The summed E-state index contributed by atoms with van der Waals surface area (Å²) in [4.78, 5) is 0. The van der Waals surface area contributed by atoms with Gasteiger partial charge >= 0.3 is 18.5 Å². The molecule has 0 saturated heterocycles. The van der Waals surface area contributed by atoms with Crippen molar-refractivity contribution >= 4 is 89.9 Å². The van der Waals surface area contributed by atoms with Crippen molar-refractivity contribution in [2.24, 2.45) is 0 Å². The van der Waals surface area contributed by atoms with Crippen LogP contribution in [0.25, 0.3) is 0 Å². The van der Waals surface area contributed by atoms with Gasteiger partial charge in [0.2, 0.25) is 0 Å². The van der Waals surface area contributed by atoms with Gasteiger partial charge in [0.15, 0.2) is 16.6 Å². The molecule has 0 aliphatic rings. The van der Waals surface area contributed by atoms with Gasteiger partial charge < -0.3 is 20.8 Å². The van der Waals surface area contributed by atoms with Crippen molar-refractivity contribution in [1.82, 2.24) is 0 Å². The summed E-state index contributed by atoms with van der Waals surface area (Å²) in [5.74, 6) is -0.153. The summed E-state index contributed by atoms with van der Waals surface area (Å²) < 4.78 is 116. The van der Waals surface area contributed by atoms with Crippen molar-refractivity contribution in [3.05, 3.63) is 82.9 Å². The van der Waals surface area contributed by atoms with E-state index in [1.807, 2.05) is 0 Å². The van der Waals surface area contributed by atoms with Crippen LogP contribution in [0.2, 0.25) is 0 Å². The molecule has 0 bridgehead atoms. The average Bonchev–Trinajstić information content (AvgIpc) is 2.80. The minimum atomic E-state index is -5.05. The van der Waals surface area contributed by atoms with E-state index in [9.17, 15) is 39.5 Å². The Morgan fingerprint density at radius 2 is 0.975 bits per heavy atom. The molecule has 0 atom stereocenters. The Morgan fingerprint density at radius 1 is 0.650 bits per heavy atom. The Morgan fingerprint density at radius 3 is 1.30 bits per heavy atom. The lowest BCUT2D eigenvalue weighted by Gasteiger charge is -2.17. The number of rotatable bonds is 2. The van der Waals surface area contributed by atoms with E-state index in [0.29, 0.717) is 18.2 Å². The van der Waals surface area contributed by atoms with Crippen LogP contribution in [-0.2, 0) is 18.5 Å². The molecule has 40 heavy (non-hydrogen) atoms. The zero-order valence-electron chi connectivity index (χ0n) is 19.6. The van der Waals surface area contributed by atoms with Crippen LogP contribution in [0.5, 0.6) is 11.5 Å². The number of nitrogens with one attached hydrogen (secondary N) is 2. The molecule has 0 aromatic heterocycles. The fourth-order valence-electron chi connectivity index (χ4n) is 2.80. The maximum Gasteiger partial charge on any atom is 0.416 e. The molecular formula is C23H18F9I3N2O2S. The number of aromatic hydroxyl groups is 2. The topological polar surface area (TPSA) is 64.5 Å². The van der Waals surface area contributed by atoms with Crippen LogP contribution in [0, 0.1) is 6.92 Å². The van der Waals surface area contributed by atoms with Crippen LogP contribution in [0.4, 0.5) is 50.9 Å². The second-order valence-electron chi connectivity index (χ2n) is 7.45.